The van der Waals surface area contributed by atoms with E-state index in [1.165, 1.54) is 12.1 Å². The van der Waals surface area contributed by atoms with Crippen LogP contribution in [0.2, 0.25) is 5.02 Å². The summed E-state index contributed by atoms with van der Waals surface area (Å²) in [6, 6.07) is 11.1. The molecule has 0 spiro atoms. The first-order chi connectivity index (χ1) is 9.15. The van der Waals surface area contributed by atoms with Crippen molar-refractivity contribution in [3.63, 3.8) is 0 Å². The molecule has 0 aliphatic rings. The van der Waals surface area contributed by atoms with Crippen LogP contribution in [0.15, 0.2) is 53.5 Å². The third-order valence-electron chi connectivity index (χ3n) is 3.00. The molecule has 0 aliphatic heterocycles. The Balaban J connectivity index is 2.28. The molecule has 1 N–H and O–H groups in total. The maximum absolute atomic E-state index is 13.2. The molecule has 19 heavy (non-hydrogen) atoms. The summed E-state index contributed by atoms with van der Waals surface area (Å²) in [5.41, 5.74) is 1.66. The van der Waals surface area contributed by atoms with Gasteiger partial charge in [0.25, 0.3) is 0 Å². The van der Waals surface area contributed by atoms with Crippen LogP contribution in [-0.4, -0.2) is 4.98 Å². The number of benzene rings is 2. The minimum atomic E-state index is -0.425. The van der Waals surface area contributed by atoms with Crippen molar-refractivity contribution in [2.24, 2.45) is 0 Å². The van der Waals surface area contributed by atoms with Crippen molar-refractivity contribution in [1.29, 1.82) is 0 Å². The molecular weight excluding hydrogens is 265 g/mol. The maximum Gasteiger partial charge on any atom is 0.197 e. The van der Waals surface area contributed by atoms with E-state index in [9.17, 15) is 9.18 Å². The lowest BCUT2D eigenvalue weighted by Crippen LogP contribution is -2.06. The molecule has 3 rings (SSSR count). The summed E-state index contributed by atoms with van der Waals surface area (Å²) in [6.07, 6.45) is 1.63. The van der Waals surface area contributed by atoms with Gasteiger partial charge in [0.15, 0.2) is 5.43 Å². The number of halogens is 2. The van der Waals surface area contributed by atoms with Gasteiger partial charge in [0.05, 0.1) is 0 Å². The van der Waals surface area contributed by atoms with Crippen LogP contribution in [0, 0.1) is 5.82 Å². The van der Waals surface area contributed by atoms with Crippen molar-refractivity contribution < 1.29 is 4.39 Å². The predicted molar refractivity (Wildman–Crippen MR) is 75.0 cm³/mol. The highest BCUT2D eigenvalue weighted by Gasteiger charge is 2.08. The van der Waals surface area contributed by atoms with Crippen molar-refractivity contribution in [3.8, 4) is 11.1 Å². The Labute approximate surface area is 113 Å². The smallest absolute Gasteiger partial charge is 0.197 e. The molecule has 2 aromatic carbocycles. The Morgan fingerprint density at radius 3 is 2.53 bits per heavy atom. The second kappa shape index (κ2) is 4.52. The summed E-state index contributed by atoms with van der Waals surface area (Å²) < 4.78 is 13.2. The van der Waals surface area contributed by atoms with E-state index in [4.69, 9.17) is 11.6 Å². The standard InChI is InChI=1S/C15H9ClFNO/c16-10-3-1-9(2-4-10)13-8-18-14-6-5-11(17)7-12(14)15(13)19/h1-8H,(H,18,19). The molecular formula is C15H9ClFNO. The minimum absolute atomic E-state index is 0.199. The Morgan fingerprint density at radius 2 is 1.79 bits per heavy atom. The lowest BCUT2D eigenvalue weighted by molar-refractivity contribution is 0.629. The van der Waals surface area contributed by atoms with Gasteiger partial charge in [0.2, 0.25) is 0 Å². The average Bonchev–Trinajstić information content (AvgIpc) is 2.41. The molecule has 4 heteroatoms. The molecule has 0 radical (unpaired) electrons. The molecule has 0 atom stereocenters. The first-order valence-electron chi connectivity index (χ1n) is 5.72. The SMILES string of the molecule is O=c1c(-c2ccc(Cl)cc2)c[nH]c2ccc(F)cc12. The fraction of sp³-hybridized carbons (Fsp3) is 0. The van der Waals surface area contributed by atoms with E-state index in [0.717, 1.165) is 5.56 Å². The second-order valence-electron chi connectivity index (χ2n) is 4.23. The van der Waals surface area contributed by atoms with Crippen LogP contribution < -0.4 is 5.43 Å². The van der Waals surface area contributed by atoms with Crippen molar-refractivity contribution in [3.05, 3.63) is 69.7 Å². The number of rotatable bonds is 1. The number of aromatic amines is 1. The summed E-state index contributed by atoms with van der Waals surface area (Å²) in [4.78, 5) is 15.3. The van der Waals surface area contributed by atoms with Gasteiger partial charge in [-0.3, -0.25) is 4.79 Å². The average molecular weight is 274 g/mol. The van der Waals surface area contributed by atoms with Gasteiger partial charge >= 0.3 is 0 Å². The molecule has 0 saturated carbocycles. The zero-order valence-electron chi connectivity index (χ0n) is 9.78. The highest BCUT2D eigenvalue weighted by Crippen LogP contribution is 2.20. The largest absolute Gasteiger partial charge is 0.360 e. The molecule has 0 amide bonds. The van der Waals surface area contributed by atoms with E-state index in [2.05, 4.69) is 4.98 Å². The zero-order chi connectivity index (χ0) is 13.4. The first kappa shape index (κ1) is 11.9. The third-order valence-corrected chi connectivity index (χ3v) is 3.25. The fourth-order valence-electron chi connectivity index (χ4n) is 2.03. The number of aromatic nitrogens is 1. The fourth-order valence-corrected chi connectivity index (χ4v) is 2.16. The van der Waals surface area contributed by atoms with Crippen LogP contribution in [0.1, 0.15) is 0 Å². The third kappa shape index (κ3) is 2.13. The molecule has 0 saturated heterocycles. The number of hydrogen-bond donors (Lipinski definition) is 1. The number of hydrogen-bond acceptors (Lipinski definition) is 1. The first-order valence-corrected chi connectivity index (χ1v) is 6.10. The number of nitrogens with one attached hydrogen (secondary N) is 1. The summed E-state index contributed by atoms with van der Waals surface area (Å²) in [7, 11) is 0. The summed E-state index contributed by atoms with van der Waals surface area (Å²) >= 11 is 5.82. The Hall–Kier alpha value is -2.13. The zero-order valence-corrected chi connectivity index (χ0v) is 10.5. The van der Waals surface area contributed by atoms with Gasteiger partial charge in [-0.15, -0.1) is 0 Å². The van der Waals surface area contributed by atoms with E-state index < -0.39 is 5.82 Å². The van der Waals surface area contributed by atoms with Gasteiger partial charge in [-0.2, -0.15) is 0 Å². The van der Waals surface area contributed by atoms with E-state index in [1.807, 2.05) is 0 Å². The molecule has 2 nitrogen and oxygen atoms in total. The van der Waals surface area contributed by atoms with E-state index in [-0.39, 0.29) is 5.43 Å². The highest BCUT2D eigenvalue weighted by molar-refractivity contribution is 6.30. The maximum atomic E-state index is 13.2. The monoisotopic (exact) mass is 273 g/mol. The Bertz CT molecular complexity index is 808. The van der Waals surface area contributed by atoms with Crippen molar-refractivity contribution >= 4 is 22.5 Å². The molecule has 94 valence electrons. The predicted octanol–water partition coefficient (Wildman–Crippen LogP) is 3.99. The summed E-state index contributed by atoms with van der Waals surface area (Å²) in [5, 5.41) is 0.944. The highest BCUT2D eigenvalue weighted by atomic mass is 35.5. The molecule has 1 aromatic heterocycles. The van der Waals surface area contributed by atoms with Crippen LogP contribution >= 0.6 is 11.6 Å². The van der Waals surface area contributed by atoms with Gasteiger partial charge < -0.3 is 4.98 Å². The number of fused-ring (bicyclic) bond motifs is 1. The van der Waals surface area contributed by atoms with Crippen LogP contribution in [0.25, 0.3) is 22.0 Å². The second-order valence-corrected chi connectivity index (χ2v) is 4.66. The van der Waals surface area contributed by atoms with Gasteiger partial charge in [-0.1, -0.05) is 23.7 Å². The van der Waals surface area contributed by atoms with E-state index in [1.54, 1.807) is 36.5 Å². The van der Waals surface area contributed by atoms with Crippen LogP contribution in [0.5, 0.6) is 0 Å². The van der Waals surface area contributed by atoms with Crippen LogP contribution in [0.4, 0.5) is 4.39 Å². The molecule has 0 unspecified atom stereocenters. The van der Waals surface area contributed by atoms with Crippen LogP contribution in [0.3, 0.4) is 0 Å². The molecule has 0 bridgehead atoms. The summed E-state index contributed by atoms with van der Waals surface area (Å²) in [6.45, 7) is 0. The number of H-pyrrole nitrogens is 1. The van der Waals surface area contributed by atoms with Crippen molar-refractivity contribution in [2.45, 2.75) is 0 Å². The van der Waals surface area contributed by atoms with Crippen molar-refractivity contribution in [2.75, 3.05) is 0 Å². The van der Waals surface area contributed by atoms with E-state index >= 15 is 0 Å². The molecule has 1 heterocycles. The van der Waals surface area contributed by atoms with Gasteiger partial charge in [-0.05, 0) is 35.9 Å². The molecule has 3 aromatic rings. The van der Waals surface area contributed by atoms with E-state index in [0.29, 0.717) is 21.5 Å². The van der Waals surface area contributed by atoms with Gasteiger partial charge in [0, 0.05) is 27.7 Å². The van der Waals surface area contributed by atoms with Gasteiger partial charge in [0.1, 0.15) is 5.82 Å². The number of pyridine rings is 1. The molecule has 0 fully saturated rings. The van der Waals surface area contributed by atoms with Crippen molar-refractivity contribution in [1.82, 2.24) is 4.98 Å². The lowest BCUT2D eigenvalue weighted by Gasteiger charge is -2.04. The quantitative estimate of drug-likeness (QED) is 0.714. The van der Waals surface area contributed by atoms with Gasteiger partial charge in [-0.25, -0.2) is 4.39 Å². The Morgan fingerprint density at radius 1 is 1.05 bits per heavy atom. The molecule has 0 aliphatic carbocycles. The lowest BCUT2D eigenvalue weighted by atomic mass is 10.0. The Kier molecular flexibility index (Phi) is 2.84. The van der Waals surface area contributed by atoms with Crippen LogP contribution in [-0.2, 0) is 0 Å². The topological polar surface area (TPSA) is 32.9 Å². The minimum Gasteiger partial charge on any atom is -0.360 e. The summed E-state index contributed by atoms with van der Waals surface area (Å²) in [5.74, 6) is -0.425. The normalized spacial score (nSPS) is 10.8.